The molecule has 1 aromatic rings. The molecule has 1 atom stereocenters. The molecule has 1 unspecified atom stereocenters. The molecule has 0 spiro atoms. The summed E-state index contributed by atoms with van der Waals surface area (Å²) in [5.74, 6) is 0. The van der Waals surface area contributed by atoms with E-state index in [0.717, 1.165) is 12.3 Å². The number of hydrogen-bond acceptors (Lipinski definition) is 4. The Balaban J connectivity index is 2.09. The highest BCUT2D eigenvalue weighted by Gasteiger charge is 2.32. The number of primary amides is 1. The fourth-order valence-corrected chi connectivity index (χ4v) is 1.98. The normalized spacial score (nSPS) is 19.5. The number of rotatable bonds is 2. The van der Waals surface area contributed by atoms with E-state index < -0.39 is 23.9 Å². The Kier molecular flexibility index (Phi) is 3.50. The fourth-order valence-electron chi connectivity index (χ4n) is 1.98. The Hall–Kier alpha value is -1.99. The van der Waals surface area contributed by atoms with Crippen LogP contribution in [0.3, 0.4) is 0 Å². The first-order valence-corrected chi connectivity index (χ1v) is 5.59. The van der Waals surface area contributed by atoms with Gasteiger partial charge in [0.15, 0.2) is 0 Å². The lowest BCUT2D eigenvalue weighted by Crippen LogP contribution is -2.27. The van der Waals surface area contributed by atoms with Crippen molar-refractivity contribution in [3.8, 4) is 0 Å². The fraction of sp³-hybridized carbons (Fsp3) is 0.455. The average Bonchev–Trinajstić information content (AvgIpc) is 2.76. The van der Waals surface area contributed by atoms with E-state index in [1.165, 1.54) is 6.20 Å². The second kappa shape index (κ2) is 4.94. The summed E-state index contributed by atoms with van der Waals surface area (Å²) in [7, 11) is 0. The van der Waals surface area contributed by atoms with Gasteiger partial charge in [0.25, 0.3) is 0 Å². The minimum Gasteiger partial charge on any atom is -0.444 e. The van der Waals surface area contributed by atoms with Crippen LogP contribution in [0.2, 0.25) is 0 Å². The Labute approximate surface area is 107 Å². The third-order valence-electron chi connectivity index (χ3n) is 2.84. The molecular formula is C11H12F3N3O2. The molecule has 0 aliphatic carbocycles. The summed E-state index contributed by atoms with van der Waals surface area (Å²) in [5, 5.41) is 0. The molecule has 5 nitrogen and oxygen atoms in total. The predicted molar refractivity (Wildman–Crippen MR) is 60.5 cm³/mol. The number of aromatic nitrogens is 1. The van der Waals surface area contributed by atoms with Gasteiger partial charge in [0, 0.05) is 19.2 Å². The molecule has 2 rings (SSSR count). The van der Waals surface area contributed by atoms with Crippen LogP contribution in [0.15, 0.2) is 18.5 Å². The summed E-state index contributed by atoms with van der Waals surface area (Å²) in [6.45, 7) is 0.798. The molecule has 1 saturated heterocycles. The lowest BCUT2D eigenvalue weighted by Gasteiger charge is -2.19. The first-order valence-electron chi connectivity index (χ1n) is 5.59. The minimum atomic E-state index is -4.42. The van der Waals surface area contributed by atoms with Crippen molar-refractivity contribution in [2.24, 2.45) is 5.73 Å². The van der Waals surface area contributed by atoms with Crippen molar-refractivity contribution in [1.82, 2.24) is 4.98 Å². The number of anilines is 1. The molecule has 2 N–H and O–H groups in total. The predicted octanol–water partition coefficient (Wildman–Crippen LogP) is 1.77. The molecule has 0 radical (unpaired) electrons. The number of hydrogen-bond donors (Lipinski definition) is 1. The molecule has 1 aliphatic rings. The van der Waals surface area contributed by atoms with Crippen LogP contribution in [-0.4, -0.2) is 30.3 Å². The number of nitrogens with zero attached hydrogens (tertiary/aromatic N) is 2. The number of alkyl halides is 3. The van der Waals surface area contributed by atoms with Crippen molar-refractivity contribution < 1.29 is 22.7 Å². The molecule has 8 heteroatoms. The van der Waals surface area contributed by atoms with E-state index in [9.17, 15) is 18.0 Å². The van der Waals surface area contributed by atoms with Gasteiger partial charge in [-0.3, -0.25) is 4.98 Å². The molecule has 104 valence electrons. The largest absolute Gasteiger partial charge is 0.444 e. The first-order chi connectivity index (χ1) is 8.86. The van der Waals surface area contributed by atoms with Gasteiger partial charge in [-0.2, -0.15) is 13.2 Å². The molecule has 1 aliphatic heterocycles. The lowest BCUT2D eigenvalue weighted by atomic mass is 10.2. The van der Waals surface area contributed by atoms with Gasteiger partial charge in [0.1, 0.15) is 6.10 Å². The van der Waals surface area contributed by atoms with Crippen LogP contribution in [0.4, 0.5) is 23.7 Å². The highest BCUT2D eigenvalue weighted by Crippen LogP contribution is 2.31. The summed E-state index contributed by atoms with van der Waals surface area (Å²) >= 11 is 0. The number of halogens is 3. The smallest absolute Gasteiger partial charge is 0.417 e. The van der Waals surface area contributed by atoms with Gasteiger partial charge in [0.2, 0.25) is 0 Å². The van der Waals surface area contributed by atoms with E-state index in [2.05, 4.69) is 4.98 Å². The van der Waals surface area contributed by atoms with Crippen molar-refractivity contribution in [3.63, 3.8) is 0 Å². The Morgan fingerprint density at radius 3 is 2.84 bits per heavy atom. The highest BCUT2D eigenvalue weighted by atomic mass is 19.4. The van der Waals surface area contributed by atoms with E-state index >= 15 is 0 Å². The molecule has 2 heterocycles. The quantitative estimate of drug-likeness (QED) is 0.893. The van der Waals surface area contributed by atoms with Gasteiger partial charge >= 0.3 is 12.3 Å². The first kappa shape index (κ1) is 13.4. The second-order valence-electron chi connectivity index (χ2n) is 4.22. The third-order valence-corrected chi connectivity index (χ3v) is 2.84. The third kappa shape index (κ3) is 3.27. The van der Waals surface area contributed by atoms with E-state index in [0.29, 0.717) is 25.2 Å². The number of nitrogens with two attached hydrogens (primary N) is 1. The summed E-state index contributed by atoms with van der Waals surface area (Å²) in [4.78, 5) is 15.9. The highest BCUT2D eigenvalue weighted by molar-refractivity contribution is 5.65. The molecule has 1 amide bonds. The van der Waals surface area contributed by atoms with Crippen molar-refractivity contribution in [1.29, 1.82) is 0 Å². The Bertz CT molecular complexity index is 478. The van der Waals surface area contributed by atoms with Gasteiger partial charge in [0.05, 0.1) is 24.0 Å². The van der Waals surface area contributed by atoms with Crippen LogP contribution in [-0.2, 0) is 10.9 Å². The zero-order chi connectivity index (χ0) is 14.0. The summed E-state index contributed by atoms with van der Waals surface area (Å²) < 4.78 is 42.5. The van der Waals surface area contributed by atoms with Gasteiger partial charge in [-0.1, -0.05) is 0 Å². The number of amides is 1. The number of ether oxygens (including phenoxy) is 1. The molecule has 1 fully saturated rings. The second-order valence-corrected chi connectivity index (χ2v) is 4.22. The summed E-state index contributed by atoms with van der Waals surface area (Å²) in [5.41, 5.74) is 4.45. The maximum atomic E-state index is 12.6. The summed E-state index contributed by atoms with van der Waals surface area (Å²) in [6, 6.07) is 1.03. The summed E-state index contributed by atoms with van der Waals surface area (Å²) in [6.07, 6.45) is -3.05. The van der Waals surface area contributed by atoms with Crippen molar-refractivity contribution in [3.05, 3.63) is 24.0 Å². The standard InChI is InChI=1S/C11H12F3N3O2/c12-11(13,14)7-3-8(5-16-4-7)17-2-1-9(6-17)19-10(15)18/h3-5,9H,1-2,6H2,(H2,15,18). The van der Waals surface area contributed by atoms with Crippen molar-refractivity contribution in [2.75, 3.05) is 18.0 Å². The van der Waals surface area contributed by atoms with E-state index in [-0.39, 0.29) is 0 Å². The molecule has 0 bridgehead atoms. The van der Waals surface area contributed by atoms with E-state index in [1.807, 2.05) is 0 Å². The molecule has 1 aromatic heterocycles. The lowest BCUT2D eigenvalue weighted by molar-refractivity contribution is -0.137. The van der Waals surface area contributed by atoms with Crippen molar-refractivity contribution in [2.45, 2.75) is 18.7 Å². The molecule has 0 saturated carbocycles. The molecule has 0 aromatic carbocycles. The van der Waals surface area contributed by atoms with Crippen LogP contribution in [0.5, 0.6) is 0 Å². The van der Waals surface area contributed by atoms with Gasteiger partial charge < -0.3 is 15.4 Å². The maximum Gasteiger partial charge on any atom is 0.417 e. The maximum absolute atomic E-state index is 12.6. The Morgan fingerprint density at radius 1 is 1.47 bits per heavy atom. The number of carbonyl (C=O) groups excluding carboxylic acids is 1. The molecule has 19 heavy (non-hydrogen) atoms. The average molecular weight is 275 g/mol. The number of pyridine rings is 1. The van der Waals surface area contributed by atoms with Gasteiger partial charge in [-0.05, 0) is 6.07 Å². The van der Waals surface area contributed by atoms with Gasteiger partial charge in [-0.15, -0.1) is 0 Å². The van der Waals surface area contributed by atoms with Crippen molar-refractivity contribution >= 4 is 11.8 Å². The van der Waals surface area contributed by atoms with Crippen LogP contribution >= 0.6 is 0 Å². The SMILES string of the molecule is NC(=O)OC1CCN(c2cncc(C(F)(F)F)c2)C1. The van der Waals surface area contributed by atoms with Crippen LogP contribution < -0.4 is 10.6 Å². The van der Waals surface area contributed by atoms with Crippen LogP contribution in [0.25, 0.3) is 0 Å². The van der Waals surface area contributed by atoms with Gasteiger partial charge in [-0.25, -0.2) is 4.79 Å². The van der Waals surface area contributed by atoms with Crippen LogP contribution in [0, 0.1) is 0 Å². The minimum absolute atomic E-state index is 0.311. The zero-order valence-corrected chi connectivity index (χ0v) is 9.85. The number of carbonyl (C=O) groups is 1. The van der Waals surface area contributed by atoms with E-state index in [4.69, 9.17) is 10.5 Å². The topological polar surface area (TPSA) is 68.5 Å². The Morgan fingerprint density at radius 2 is 2.21 bits per heavy atom. The monoisotopic (exact) mass is 275 g/mol. The molecular weight excluding hydrogens is 263 g/mol. The van der Waals surface area contributed by atoms with Crippen LogP contribution in [0.1, 0.15) is 12.0 Å². The zero-order valence-electron chi connectivity index (χ0n) is 9.85. The van der Waals surface area contributed by atoms with E-state index in [1.54, 1.807) is 4.90 Å².